The minimum atomic E-state index is -4.68. The molecule has 2 saturated heterocycles. The molecule has 0 spiro atoms. The Morgan fingerprint density at radius 1 is 1.15 bits per heavy atom. The molecule has 2 atom stereocenters. The van der Waals surface area contributed by atoms with E-state index in [0.717, 1.165) is 29.5 Å². The van der Waals surface area contributed by atoms with Gasteiger partial charge in [0.1, 0.15) is 0 Å². The molecule has 1 aromatic heterocycles. The summed E-state index contributed by atoms with van der Waals surface area (Å²) in [6.45, 7) is 4.45. The number of carbonyl (C=O) groups excluding carboxylic acids is 1. The van der Waals surface area contributed by atoms with Gasteiger partial charge < -0.3 is 10.2 Å². The lowest BCUT2D eigenvalue weighted by Crippen LogP contribution is -2.33. The lowest BCUT2D eigenvalue weighted by Gasteiger charge is -2.19. The Morgan fingerprint density at radius 2 is 1.77 bits per heavy atom. The van der Waals surface area contributed by atoms with Gasteiger partial charge in [-0.05, 0) is 30.9 Å². The maximum absolute atomic E-state index is 13.7. The highest BCUT2D eigenvalue weighted by atomic mass is 19.4. The van der Waals surface area contributed by atoms with Crippen molar-refractivity contribution in [3.63, 3.8) is 0 Å². The van der Waals surface area contributed by atoms with E-state index in [2.05, 4.69) is 10.4 Å². The van der Waals surface area contributed by atoms with E-state index in [1.807, 2.05) is 6.92 Å². The van der Waals surface area contributed by atoms with Crippen LogP contribution in [-0.4, -0.2) is 46.8 Å². The number of fused-ring (bicyclic) bond motifs is 1. The molecule has 3 heterocycles. The van der Waals surface area contributed by atoms with Gasteiger partial charge in [0.15, 0.2) is 5.69 Å². The van der Waals surface area contributed by atoms with Gasteiger partial charge in [0.2, 0.25) is 0 Å². The topological polar surface area (TPSA) is 50.2 Å². The molecule has 5 nitrogen and oxygen atoms in total. The fourth-order valence-electron chi connectivity index (χ4n) is 3.85. The van der Waals surface area contributed by atoms with E-state index in [9.17, 15) is 18.0 Å². The third-order valence-corrected chi connectivity index (χ3v) is 5.22. The van der Waals surface area contributed by atoms with E-state index in [0.29, 0.717) is 24.9 Å². The SMILES string of the molecule is Cc1ccc(-n2ncc(C(=O)N3C[C@H]4CNC[C@H]4C3)c2C(F)(F)F)cc1. The molecule has 1 N–H and O–H groups in total. The molecule has 1 aromatic carbocycles. The zero-order valence-electron chi connectivity index (χ0n) is 14.3. The summed E-state index contributed by atoms with van der Waals surface area (Å²) < 4.78 is 42.0. The number of nitrogens with zero attached hydrogens (tertiary/aromatic N) is 3. The first kappa shape index (κ1) is 17.1. The average Bonchev–Trinajstić information content (AvgIpc) is 3.28. The van der Waals surface area contributed by atoms with Crippen molar-refractivity contribution in [1.82, 2.24) is 20.0 Å². The Bertz CT molecular complexity index is 816. The monoisotopic (exact) mass is 364 g/mol. The molecular formula is C18H19F3N4O. The summed E-state index contributed by atoms with van der Waals surface area (Å²) in [5.41, 5.74) is -0.181. The molecule has 138 valence electrons. The number of amides is 1. The van der Waals surface area contributed by atoms with E-state index >= 15 is 0 Å². The van der Waals surface area contributed by atoms with E-state index < -0.39 is 17.8 Å². The molecule has 8 heteroatoms. The van der Waals surface area contributed by atoms with Crippen molar-refractivity contribution in [1.29, 1.82) is 0 Å². The van der Waals surface area contributed by atoms with E-state index in [1.165, 1.54) is 4.90 Å². The second kappa shape index (κ2) is 6.12. The van der Waals surface area contributed by atoms with E-state index in [1.54, 1.807) is 24.3 Å². The fourth-order valence-corrected chi connectivity index (χ4v) is 3.85. The van der Waals surface area contributed by atoms with Gasteiger partial charge in [-0.1, -0.05) is 17.7 Å². The summed E-state index contributed by atoms with van der Waals surface area (Å²) in [6.07, 6.45) is -3.64. The van der Waals surface area contributed by atoms with Crippen LogP contribution in [0.25, 0.3) is 5.69 Å². The third kappa shape index (κ3) is 2.88. The zero-order valence-corrected chi connectivity index (χ0v) is 14.3. The number of benzene rings is 1. The highest BCUT2D eigenvalue weighted by molar-refractivity contribution is 5.95. The van der Waals surface area contributed by atoms with Crippen molar-refractivity contribution in [2.75, 3.05) is 26.2 Å². The van der Waals surface area contributed by atoms with Crippen molar-refractivity contribution in [3.8, 4) is 5.69 Å². The molecular weight excluding hydrogens is 345 g/mol. The summed E-state index contributed by atoms with van der Waals surface area (Å²) >= 11 is 0. The minimum absolute atomic E-state index is 0.282. The lowest BCUT2D eigenvalue weighted by molar-refractivity contribution is -0.143. The van der Waals surface area contributed by atoms with Gasteiger partial charge in [-0.3, -0.25) is 4.79 Å². The molecule has 1 amide bonds. The van der Waals surface area contributed by atoms with Crippen LogP contribution in [0.3, 0.4) is 0 Å². The van der Waals surface area contributed by atoms with Gasteiger partial charge in [-0.25, -0.2) is 4.68 Å². The first-order valence-corrected chi connectivity index (χ1v) is 8.57. The molecule has 26 heavy (non-hydrogen) atoms. The van der Waals surface area contributed by atoms with Gasteiger partial charge in [0.25, 0.3) is 5.91 Å². The molecule has 2 aliphatic heterocycles. The highest BCUT2D eigenvalue weighted by Gasteiger charge is 2.44. The van der Waals surface area contributed by atoms with Crippen LogP contribution in [0.15, 0.2) is 30.5 Å². The largest absolute Gasteiger partial charge is 0.434 e. The maximum atomic E-state index is 13.7. The molecule has 0 aliphatic carbocycles. The number of carbonyl (C=O) groups is 1. The number of alkyl halides is 3. The number of aryl methyl sites for hydroxylation is 1. The molecule has 4 rings (SSSR count). The Kier molecular flexibility index (Phi) is 4.02. The van der Waals surface area contributed by atoms with Crippen LogP contribution < -0.4 is 5.32 Å². The van der Waals surface area contributed by atoms with Crippen LogP contribution in [0.5, 0.6) is 0 Å². The van der Waals surface area contributed by atoms with Gasteiger partial charge in [-0.15, -0.1) is 0 Å². The van der Waals surface area contributed by atoms with Crippen molar-refractivity contribution in [3.05, 3.63) is 47.3 Å². The van der Waals surface area contributed by atoms with E-state index in [4.69, 9.17) is 0 Å². The Hall–Kier alpha value is -2.35. The summed E-state index contributed by atoms with van der Waals surface area (Å²) in [7, 11) is 0. The van der Waals surface area contributed by atoms with Gasteiger partial charge in [0.05, 0.1) is 17.4 Å². The lowest BCUT2D eigenvalue weighted by atomic mass is 10.0. The number of aromatic nitrogens is 2. The molecule has 0 saturated carbocycles. The smallest absolute Gasteiger partial charge is 0.338 e. The molecule has 2 aliphatic rings. The first-order valence-electron chi connectivity index (χ1n) is 8.57. The predicted molar refractivity (Wildman–Crippen MR) is 89.1 cm³/mol. The molecule has 0 unspecified atom stereocenters. The first-order chi connectivity index (χ1) is 12.3. The number of halogens is 3. The fraction of sp³-hybridized carbons (Fsp3) is 0.444. The molecule has 2 fully saturated rings. The van der Waals surface area contributed by atoms with Gasteiger partial charge in [0, 0.05) is 26.2 Å². The van der Waals surface area contributed by atoms with Crippen LogP contribution in [-0.2, 0) is 6.18 Å². The van der Waals surface area contributed by atoms with Gasteiger partial charge in [-0.2, -0.15) is 18.3 Å². The number of hydrogen-bond acceptors (Lipinski definition) is 3. The number of nitrogens with one attached hydrogen (secondary N) is 1. The summed E-state index contributed by atoms with van der Waals surface area (Å²) in [5.74, 6) is 0.0472. The number of hydrogen-bond donors (Lipinski definition) is 1. The van der Waals surface area contributed by atoms with E-state index in [-0.39, 0.29) is 11.3 Å². The van der Waals surface area contributed by atoms with Crippen LogP contribution in [0.1, 0.15) is 21.6 Å². The van der Waals surface area contributed by atoms with Crippen LogP contribution >= 0.6 is 0 Å². The van der Waals surface area contributed by atoms with Gasteiger partial charge >= 0.3 is 6.18 Å². The molecule has 0 bridgehead atoms. The number of likely N-dealkylation sites (tertiary alicyclic amines) is 1. The minimum Gasteiger partial charge on any atom is -0.338 e. The van der Waals surface area contributed by atoms with Crippen molar-refractivity contribution in [2.45, 2.75) is 13.1 Å². The predicted octanol–water partition coefficient (Wildman–Crippen LogP) is 2.49. The third-order valence-electron chi connectivity index (χ3n) is 5.22. The highest BCUT2D eigenvalue weighted by Crippen LogP contribution is 2.35. The maximum Gasteiger partial charge on any atom is 0.434 e. The normalized spacial score (nSPS) is 22.7. The Labute approximate surface area is 148 Å². The standard InChI is InChI=1S/C18H19F3N4O/c1-11-2-4-14(5-3-11)25-16(18(19,20)21)15(8-23-25)17(26)24-9-12-6-22-7-13(12)10-24/h2-5,8,12-13,22H,6-7,9-10H2,1H3/t12-,13+. The van der Waals surface area contributed by atoms with Crippen molar-refractivity contribution >= 4 is 5.91 Å². The van der Waals surface area contributed by atoms with Crippen LogP contribution in [0.4, 0.5) is 13.2 Å². The zero-order chi connectivity index (χ0) is 18.5. The van der Waals surface area contributed by atoms with Crippen LogP contribution in [0.2, 0.25) is 0 Å². The second-order valence-corrected chi connectivity index (χ2v) is 7.04. The molecule has 0 radical (unpaired) electrons. The summed E-state index contributed by atoms with van der Waals surface area (Å²) in [4.78, 5) is 14.3. The van der Waals surface area contributed by atoms with Crippen LogP contribution in [0, 0.1) is 18.8 Å². The Morgan fingerprint density at radius 3 is 2.35 bits per heavy atom. The summed E-state index contributed by atoms with van der Waals surface area (Å²) in [6, 6.07) is 6.57. The van der Waals surface area contributed by atoms with Crippen molar-refractivity contribution < 1.29 is 18.0 Å². The average molecular weight is 364 g/mol. The van der Waals surface area contributed by atoms with Crippen molar-refractivity contribution in [2.24, 2.45) is 11.8 Å². The molecule has 2 aromatic rings. The number of rotatable bonds is 2. The summed E-state index contributed by atoms with van der Waals surface area (Å²) in [5, 5.41) is 7.14. The Balaban J connectivity index is 1.70. The second-order valence-electron chi connectivity index (χ2n) is 7.04. The quantitative estimate of drug-likeness (QED) is 0.891.